The van der Waals surface area contributed by atoms with E-state index in [9.17, 15) is 9.59 Å². The van der Waals surface area contributed by atoms with Crippen LogP contribution in [0.15, 0.2) is 48.5 Å². The van der Waals surface area contributed by atoms with Gasteiger partial charge in [-0.05, 0) is 42.7 Å². The molecule has 0 spiro atoms. The van der Waals surface area contributed by atoms with Crippen LogP contribution in [0, 0.1) is 0 Å². The third-order valence-electron chi connectivity index (χ3n) is 4.42. The van der Waals surface area contributed by atoms with Gasteiger partial charge in [-0.15, -0.1) is 12.4 Å². The molecular formula is C20H23ClN2O4. The van der Waals surface area contributed by atoms with Gasteiger partial charge in [-0.25, -0.2) is 0 Å². The van der Waals surface area contributed by atoms with Crippen LogP contribution in [0.1, 0.15) is 45.2 Å². The lowest BCUT2D eigenvalue weighted by Gasteiger charge is -2.14. The molecule has 1 unspecified atom stereocenters. The predicted octanol–water partition coefficient (Wildman–Crippen LogP) is 2.56. The number of nitrogens with zero attached hydrogens (tertiary/aromatic N) is 1. The number of rotatable bonds is 8. The van der Waals surface area contributed by atoms with E-state index >= 15 is 0 Å². The second-order valence-corrected chi connectivity index (χ2v) is 6.20. The predicted molar refractivity (Wildman–Crippen MR) is 104 cm³/mol. The van der Waals surface area contributed by atoms with Crippen LogP contribution in [0.2, 0.25) is 0 Å². The number of imide groups is 1. The molecule has 0 bridgehead atoms. The standard InChI is InChI=1S/C20H22N2O4.ClH/c21-18(10-12-23)14-6-8-15(9-7-14)26-13-3-11-22-19(24)16-4-1-2-5-17(16)20(22)25;/h1-2,4-9,18,23H,3,10-13,21H2;1H. The van der Waals surface area contributed by atoms with Crippen LogP contribution < -0.4 is 10.5 Å². The molecule has 27 heavy (non-hydrogen) atoms. The van der Waals surface area contributed by atoms with Crippen LogP contribution in [0.5, 0.6) is 5.75 Å². The fourth-order valence-electron chi connectivity index (χ4n) is 2.97. The molecule has 0 fully saturated rings. The van der Waals surface area contributed by atoms with Gasteiger partial charge in [0.2, 0.25) is 0 Å². The topological polar surface area (TPSA) is 92.9 Å². The highest BCUT2D eigenvalue weighted by molar-refractivity contribution is 6.21. The van der Waals surface area contributed by atoms with E-state index in [-0.39, 0.29) is 36.9 Å². The Morgan fingerprint density at radius 3 is 2.15 bits per heavy atom. The third kappa shape index (κ3) is 4.66. The van der Waals surface area contributed by atoms with Crippen molar-refractivity contribution in [2.45, 2.75) is 18.9 Å². The second-order valence-electron chi connectivity index (χ2n) is 6.20. The van der Waals surface area contributed by atoms with Gasteiger partial charge in [0.05, 0.1) is 17.7 Å². The van der Waals surface area contributed by atoms with E-state index in [1.807, 2.05) is 24.3 Å². The Hall–Kier alpha value is -2.41. The van der Waals surface area contributed by atoms with E-state index in [1.54, 1.807) is 24.3 Å². The maximum Gasteiger partial charge on any atom is 0.261 e. The Bertz CT molecular complexity index is 760. The number of aliphatic hydroxyl groups excluding tert-OH is 1. The van der Waals surface area contributed by atoms with E-state index in [4.69, 9.17) is 15.6 Å². The van der Waals surface area contributed by atoms with E-state index in [1.165, 1.54) is 4.90 Å². The molecule has 0 saturated heterocycles. The number of halogens is 1. The summed E-state index contributed by atoms with van der Waals surface area (Å²) < 4.78 is 5.67. The van der Waals surface area contributed by atoms with Crippen LogP contribution in [-0.2, 0) is 0 Å². The maximum absolute atomic E-state index is 12.3. The summed E-state index contributed by atoms with van der Waals surface area (Å²) in [5.41, 5.74) is 7.81. The zero-order chi connectivity index (χ0) is 18.5. The summed E-state index contributed by atoms with van der Waals surface area (Å²) in [6.45, 7) is 0.776. The molecule has 0 radical (unpaired) electrons. The number of fused-ring (bicyclic) bond motifs is 1. The zero-order valence-corrected chi connectivity index (χ0v) is 15.7. The molecule has 0 aliphatic carbocycles. The Morgan fingerprint density at radius 2 is 1.59 bits per heavy atom. The van der Waals surface area contributed by atoms with E-state index < -0.39 is 0 Å². The van der Waals surface area contributed by atoms with Gasteiger partial charge in [-0.1, -0.05) is 24.3 Å². The molecule has 144 valence electrons. The number of hydrogen-bond acceptors (Lipinski definition) is 5. The number of hydrogen-bond donors (Lipinski definition) is 2. The summed E-state index contributed by atoms with van der Waals surface area (Å²) in [5.74, 6) is 0.216. The Morgan fingerprint density at radius 1 is 1.00 bits per heavy atom. The quantitative estimate of drug-likeness (QED) is 0.533. The number of benzene rings is 2. The van der Waals surface area contributed by atoms with Gasteiger partial charge in [-0.3, -0.25) is 14.5 Å². The smallest absolute Gasteiger partial charge is 0.261 e. The molecule has 2 aromatic rings. The van der Waals surface area contributed by atoms with Gasteiger partial charge in [0, 0.05) is 19.2 Å². The largest absolute Gasteiger partial charge is 0.494 e. The van der Waals surface area contributed by atoms with Crippen LogP contribution in [-0.4, -0.2) is 41.6 Å². The monoisotopic (exact) mass is 390 g/mol. The number of amides is 2. The van der Waals surface area contributed by atoms with Crippen molar-refractivity contribution in [2.75, 3.05) is 19.8 Å². The summed E-state index contributed by atoms with van der Waals surface area (Å²) in [5, 5.41) is 8.92. The van der Waals surface area contributed by atoms with Crippen LogP contribution >= 0.6 is 12.4 Å². The van der Waals surface area contributed by atoms with Gasteiger partial charge in [0.1, 0.15) is 5.75 Å². The molecule has 1 aliphatic rings. The minimum absolute atomic E-state index is 0. The molecule has 3 N–H and O–H groups in total. The van der Waals surface area contributed by atoms with Crippen molar-refractivity contribution < 1.29 is 19.4 Å². The normalized spacial score (nSPS) is 13.9. The molecule has 1 aliphatic heterocycles. The highest BCUT2D eigenvalue weighted by Crippen LogP contribution is 2.23. The molecular weight excluding hydrogens is 368 g/mol. The highest BCUT2D eigenvalue weighted by Gasteiger charge is 2.34. The van der Waals surface area contributed by atoms with E-state index in [2.05, 4.69) is 0 Å². The Balaban J connectivity index is 0.00000261. The van der Waals surface area contributed by atoms with Gasteiger partial charge in [0.25, 0.3) is 11.8 Å². The lowest BCUT2D eigenvalue weighted by Crippen LogP contribution is -2.31. The SMILES string of the molecule is Cl.NC(CCO)c1ccc(OCCCN2C(=O)c3ccccc3C2=O)cc1. The highest BCUT2D eigenvalue weighted by atomic mass is 35.5. The first-order valence-electron chi connectivity index (χ1n) is 8.66. The number of nitrogens with two attached hydrogens (primary N) is 1. The summed E-state index contributed by atoms with van der Waals surface area (Å²) in [6, 6.07) is 14.1. The molecule has 0 aromatic heterocycles. The molecule has 1 atom stereocenters. The van der Waals surface area contributed by atoms with Gasteiger partial charge >= 0.3 is 0 Å². The average Bonchev–Trinajstić information content (AvgIpc) is 2.91. The van der Waals surface area contributed by atoms with Crippen molar-refractivity contribution in [3.63, 3.8) is 0 Å². The van der Waals surface area contributed by atoms with Crippen molar-refractivity contribution in [2.24, 2.45) is 5.73 Å². The van der Waals surface area contributed by atoms with Crippen molar-refractivity contribution in [3.8, 4) is 5.75 Å². The minimum atomic E-state index is -0.243. The number of aliphatic hydroxyl groups is 1. The number of carbonyl (C=O) groups excluding carboxylic acids is 2. The van der Waals surface area contributed by atoms with E-state index in [0.717, 1.165) is 5.56 Å². The maximum atomic E-state index is 12.3. The summed E-state index contributed by atoms with van der Waals surface area (Å²) in [6.07, 6.45) is 1.07. The number of carbonyl (C=O) groups is 2. The first-order chi connectivity index (χ1) is 12.6. The lowest BCUT2D eigenvalue weighted by molar-refractivity contribution is 0.0646. The average molecular weight is 391 g/mol. The van der Waals surface area contributed by atoms with Crippen molar-refractivity contribution in [1.29, 1.82) is 0 Å². The van der Waals surface area contributed by atoms with Crippen LogP contribution in [0.3, 0.4) is 0 Å². The van der Waals surface area contributed by atoms with Crippen molar-refractivity contribution in [3.05, 3.63) is 65.2 Å². The van der Waals surface area contributed by atoms with Crippen molar-refractivity contribution in [1.82, 2.24) is 4.90 Å². The van der Waals surface area contributed by atoms with Crippen molar-refractivity contribution >= 4 is 24.2 Å². The third-order valence-corrected chi connectivity index (χ3v) is 4.42. The summed E-state index contributed by atoms with van der Waals surface area (Å²) >= 11 is 0. The van der Waals surface area contributed by atoms with Gasteiger partial charge < -0.3 is 15.6 Å². The summed E-state index contributed by atoms with van der Waals surface area (Å²) in [4.78, 5) is 25.8. The second kappa shape index (κ2) is 9.50. The molecule has 1 heterocycles. The molecule has 2 amide bonds. The molecule has 7 heteroatoms. The Kier molecular flexibility index (Phi) is 7.36. The first kappa shape index (κ1) is 20.9. The fraction of sp³-hybridized carbons (Fsp3) is 0.300. The number of ether oxygens (including phenoxy) is 1. The van der Waals surface area contributed by atoms with Gasteiger partial charge in [0.15, 0.2) is 0 Å². The van der Waals surface area contributed by atoms with Crippen LogP contribution in [0.25, 0.3) is 0 Å². The molecule has 6 nitrogen and oxygen atoms in total. The fourth-order valence-corrected chi connectivity index (χ4v) is 2.97. The zero-order valence-electron chi connectivity index (χ0n) is 14.8. The minimum Gasteiger partial charge on any atom is -0.494 e. The van der Waals surface area contributed by atoms with Gasteiger partial charge in [-0.2, -0.15) is 0 Å². The first-order valence-corrected chi connectivity index (χ1v) is 8.66. The Labute approximate surface area is 164 Å². The van der Waals surface area contributed by atoms with Crippen LogP contribution in [0.4, 0.5) is 0 Å². The lowest BCUT2D eigenvalue weighted by atomic mass is 10.1. The molecule has 3 rings (SSSR count). The summed E-state index contributed by atoms with van der Waals surface area (Å²) in [7, 11) is 0. The molecule has 0 saturated carbocycles. The molecule has 2 aromatic carbocycles. The van der Waals surface area contributed by atoms with E-state index in [0.29, 0.717) is 42.9 Å².